The van der Waals surface area contributed by atoms with E-state index in [-0.39, 0.29) is 5.91 Å². The number of halogens is 1. The molecule has 3 nitrogen and oxygen atoms in total. The van der Waals surface area contributed by atoms with E-state index in [2.05, 4.69) is 17.1 Å². The highest BCUT2D eigenvalue weighted by Gasteiger charge is 2.38. The molecule has 2 aromatic rings. The van der Waals surface area contributed by atoms with Crippen LogP contribution in [-0.4, -0.2) is 10.9 Å². The van der Waals surface area contributed by atoms with E-state index in [1.54, 1.807) is 0 Å². The SMILES string of the molecule is CC1(C(N)=O)Cc2cc3ccc(CCl)nc3cc2C1. The fourth-order valence-electron chi connectivity index (χ4n) is 2.78. The summed E-state index contributed by atoms with van der Waals surface area (Å²) in [6.07, 6.45) is 1.41. The number of fused-ring (bicyclic) bond motifs is 2. The van der Waals surface area contributed by atoms with E-state index in [0.717, 1.165) is 16.6 Å². The lowest BCUT2D eigenvalue weighted by molar-refractivity contribution is -0.126. The summed E-state index contributed by atoms with van der Waals surface area (Å²) in [5, 5.41) is 1.08. The summed E-state index contributed by atoms with van der Waals surface area (Å²) >= 11 is 5.81. The van der Waals surface area contributed by atoms with Crippen molar-refractivity contribution in [3.05, 3.63) is 41.1 Å². The van der Waals surface area contributed by atoms with Crippen LogP contribution in [0.15, 0.2) is 24.3 Å². The zero-order valence-corrected chi connectivity index (χ0v) is 11.5. The first kappa shape index (κ1) is 12.4. The first-order valence-corrected chi connectivity index (χ1v) is 6.82. The van der Waals surface area contributed by atoms with Crippen LogP contribution in [0.5, 0.6) is 0 Å². The van der Waals surface area contributed by atoms with Crippen LogP contribution in [0.2, 0.25) is 0 Å². The van der Waals surface area contributed by atoms with E-state index in [4.69, 9.17) is 17.3 Å². The van der Waals surface area contributed by atoms with Crippen molar-refractivity contribution < 1.29 is 4.79 Å². The molecule has 1 aromatic carbocycles. The molecule has 1 atom stereocenters. The second-order valence-electron chi connectivity index (χ2n) is 5.53. The molecular formula is C15H15ClN2O. The zero-order valence-electron chi connectivity index (χ0n) is 10.7. The van der Waals surface area contributed by atoms with E-state index in [9.17, 15) is 4.79 Å². The van der Waals surface area contributed by atoms with Gasteiger partial charge in [-0.1, -0.05) is 13.0 Å². The number of pyridine rings is 1. The largest absolute Gasteiger partial charge is 0.369 e. The molecule has 98 valence electrons. The quantitative estimate of drug-likeness (QED) is 0.856. The minimum atomic E-state index is -0.463. The molecule has 2 N–H and O–H groups in total. The van der Waals surface area contributed by atoms with E-state index >= 15 is 0 Å². The number of carbonyl (C=O) groups is 1. The summed E-state index contributed by atoms with van der Waals surface area (Å²) in [5.74, 6) is 0.175. The molecule has 3 rings (SSSR count). The lowest BCUT2D eigenvalue weighted by Crippen LogP contribution is -2.34. The van der Waals surface area contributed by atoms with Crippen molar-refractivity contribution in [2.24, 2.45) is 11.1 Å². The maximum Gasteiger partial charge on any atom is 0.224 e. The Morgan fingerprint density at radius 1 is 1.37 bits per heavy atom. The van der Waals surface area contributed by atoms with Gasteiger partial charge in [-0.25, -0.2) is 0 Å². The predicted molar refractivity (Wildman–Crippen MR) is 76.0 cm³/mol. The third-order valence-corrected chi connectivity index (χ3v) is 4.24. The van der Waals surface area contributed by atoms with Gasteiger partial charge < -0.3 is 5.73 Å². The first-order chi connectivity index (χ1) is 9.01. The topological polar surface area (TPSA) is 56.0 Å². The smallest absolute Gasteiger partial charge is 0.224 e. The number of rotatable bonds is 2. The maximum absolute atomic E-state index is 11.6. The van der Waals surface area contributed by atoms with Gasteiger partial charge in [0.1, 0.15) is 0 Å². The summed E-state index contributed by atoms with van der Waals surface area (Å²) in [6, 6.07) is 8.14. The van der Waals surface area contributed by atoms with Gasteiger partial charge >= 0.3 is 0 Å². The molecule has 0 fully saturated rings. The number of hydrogen-bond acceptors (Lipinski definition) is 2. The number of hydrogen-bond donors (Lipinski definition) is 1. The molecule has 0 bridgehead atoms. The van der Waals surface area contributed by atoms with Gasteiger partial charge in [-0.15, -0.1) is 11.6 Å². The summed E-state index contributed by atoms with van der Waals surface area (Å²) in [4.78, 5) is 16.1. The van der Waals surface area contributed by atoms with Gasteiger partial charge in [-0.2, -0.15) is 0 Å². The number of amides is 1. The molecule has 4 heteroatoms. The van der Waals surface area contributed by atoms with Crippen molar-refractivity contribution in [1.29, 1.82) is 0 Å². The number of alkyl halides is 1. The number of nitrogens with two attached hydrogens (primary N) is 1. The van der Waals surface area contributed by atoms with Gasteiger partial charge in [0.05, 0.1) is 22.5 Å². The monoisotopic (exact) mass is 274 g/mol. The van der Waals surface area contributed by atoms with Gasteiger partial charge in [0.2, 0.25) is 5.91 Å². The van der Waals surface area contributed by atoms with Crippen molar-refractivity contribution in [1.82, 2.24) is 4.98 Å². The van der Waals surface area contributed by atoms with Gasteiger partial charge in [-0.3, -0.25) is 9.78 Å². The second kappa shape index (κ2) is 4.20. The van der Waals surface area contributed by atoms with Crippen molar-refractivity contribution >= 4 is 28.4 Å². The number of aromatic nitrogens is 1. The molecule has 1 aliphatic carbocycles. The molecular weight excluding hydrogens is 260 g/mol. The van der Waals surface area contributed by atoms with E-state index in [1.165, 1.54) is 11.1 Å². The Kier molecular flexibility index (Phi) is 2.75. The summed E-state index contributed by atoms with van der Waals surface area (Å²) < 4.78 is 0. The molecule has 0 aliphatic heterocycles. The van der Waals surface area contributed by atoms with E-state index in [1.807, 2.05) is 19.1 Å². The molecule has 19 heavy (non-hydrogen) atoms. The Hall–Kier alpha value is -1.61. The van der Waals surface area contributed by atoms with Crippen molar-refractivity contribution in [3.63, 3.8) is 0 Å². The van der Waals surface area contributed by atoms with Gasteiger partial charge in [0, 0.05) is 5.39 Å². The van der Waals surface area contributed by atoms with E-state index < -0.39 is 5.41 Å². The number of carbonyl (C=O) groups excluding carboxylic acids is 1. The minimum Gasteiger partial charge on any atom is -0.369 e. The molecule has 0 saturated carbocycles. The standard InChI is InChI=1S/C15H15ClN2O/c1-15(14(17)19)6-10-4-9-2-3-12(8-16)18-13(9)5-11(10)7-15/h2-5H,6-8H2,1H3,(H2,17,19). The average Bonchev–Trinajstić information content (AvgIpc) is 2.72. The lowest BCUT2D eigenvalue weighted by atomic mass is 9.87. The van der Waals surface area contributed by atoms with Crippen molar-refractivity contribution in [2.45, 2.75) is 25.6 Å². The minimum absolute atomic E-state index is 0.234. The predicted octanol–water partition coefficient (Wildman–Crippen LogP) is 2.56. The van der Waals surface area contributed by atoms with Crippen LogP contribution >= 0.6 is 11.6 Å². The fraction of sp³-hybridized carbons (Fsp3) is 0.333. The highest BCUT2D eigenvalue weighted by molar-refractivity contribution is 6.16. The van der Waals surface area contributed by atoms with Crippen molar-refractivity contribution in [2.75, 3.05) is 0 Å². The highest BCUT2D eigenvalue weighted by Crippen LogP contribution is 2.38. The molecule has 1 aromatic heterocycles. The molecule has 1 amide bonds. The molecule has 1 heterocycles. The van der Waals surface area contributed by atoms with E-state index in [0.29, 0.717) is 18.7 Å². The van der Waals surface area contributed by atoms with Crippen LogP contribution in [-0.2, 0) is 23.5 Å². The highest BCUT2D eigenvalue weighted by atomic mass is 35.5. The zero-order chi connectivity index (χ0) is 13.6. The molecule has 1 aliphatic rings. The number of benzene rings is 1. The molecule has 0 radical (unpaired) electrons. The second-order valence-corrected chi connectivity index (χ2v) is 5.80. The normalized spacial score (nSPS) is 21.6. The third-order valence-electron chi connectivity index (χ3n) is 3.96. The number of primary amides is 1. The summed E-state index contributed by atoms with van der Waals surface area (Å²) in [6.45, 7) is 1.93. The van der Waals surface area contributed by atoms with Gasteiger partial charge in [0.15, 0.2) is 0 Å². The maximum atomic E-state index is 11.6. The number of nitrogens with zero attached hydrogens (tertiary/aromatic N) is 1. The van der Waals surface area contributed by atoms with Crippen LogP contribution in [0, 0.1) is 5.41 Å². The third kappa shape index (κ3) is 1.98. The van der Waals surface area contributed by atoms with Crippen molar-refractivity contribution in [3.8, 4) is 0 Å². The Balaban J connectivity index is 2.11. The van der Waals surface area contributed by atoms with Crippen LogP contribution in [0.25, 0.3) is 10.9 Å². The van der Waals surface area contributed by atoms with Crippen LogP contribution in [0.3, 0.4) is 0 Å². The summed E-state index contributed by atoms with van der Waals surface area (Å²) in [5.41, 5.74) is 9.23. The first-order valence-electron chi connectivity index (χ1n) is 6.29. The Bertz CT molecular complexity index is 683. The van der Waals surface area contributed by atoms with Gasteiger partial charge in [0.25, 0.3) is 0 Å². The Morgan fingerprint density at radius 3 is 2.68 bits per heavy atom. The fourth-order valence-corrected chi connectivity index (χ4v) is 2.93. The molecule has 1 unspecified atom stereocenters. The summed E-state index contributed by atoms with van der Waals surface area (Å²) in [7, 11) is 0. The Labute approximate surface area is 116 Å². The lowest BCUT2D eigenvalue weighted by Gasteiger charge is -2.17. The average molecular weight is 275 g/mol. The van der Waals surface area contributed by atoms with Crippen LogP contribution < -0.4 is 5.73 Å². The Morgan fingerprint density at radius 2 is 2.05 bits per heavy atom. The van der Waals surface area contributed by atoms with Crippen LogP contribution in [0.4, 0.5) is 0 Å². The molecule has 0 saturated heterocycles. The molecule has 0 spiro atoms. The van der Waals surface area contributed by atoms with Crippen LogP contribution in [0.1, 0.15) is 23.7 Å². The van der Waals surface area contributed by atoms with Gasteiger partial charge in [-0.05, 0) is 42.2 Å².